The van der Waals surface area contributed by atoms with E-state index in [0.29, 0.717) is 51.2 Å². The van der Waals surface area contributed by atoms with Crippen LogP contribution in [0.2, 0.25) is 0 Å². The van der Waals surface area contributed by atoms with Crippen molar-refractivity contribution < 1.29 is 9.90 Å². The van der Waals surface area contributed by atoms with Crippen molar-refractivity contribution in [3.63, 3.8) is 0 Å². The Morgan fingerprint density at radius 3 is 2.19 bits per heavy atom. The number of phenols is 1. The quantitative estimate of drug-likeness (QED) is 0.0867. The van der Waals surface area contributed by atoms with Gasteiger partial charge in [0.1, 0.15) is 5.69 Å². The summed E-state index contributed by atoms with van der Waals surface area (Å²) < 4.78 is 0. The zero-order chi connectivity index (χ0) is 29.6. The van der Waals surface area contributed by atoms with E-state index in [-0.39, 0.29) is 11.5 Å². The largest absolute Gasteiger partial charge is 0.505 e. The van der Waals surface area contributed by atoms with Gasteiger partial charge >= 0.3 is 0 Å². The van der Waals surface area contributed by atoms with Crippen molar-refractivity contribution in [2.75, 3.05) is 5.73 Å². The zero-order valence-electron chi connectivity index (χ0n) is 23.4. The van der Waals surface area contributed by atoms with Crippen LogP contribution in [0.15, 0.2) is 106 Å². The average molecular weight is 552 g/mol. The number of phenolic OH excluding ortho intramolecular Hbond substituents is 1. The number of nitrogens with two attached hydrogens (primary N) is 1. The molecule has 0 atom stereocenters. The van der Waals surface area contributed by atoms with Gasteiger partial charge in [0.15, 0.2) is 11.5 Å². The third-order valence-corrected chi connectivity index (χ3v) is 7.06. The summed E-state index contributed by atoms with van der Waals surface area (Å²) in [4.78, 5) is 17.3. The Bertz CT molecular complexity index is 1870. The topological polar surface area (TPSA) is 124 Å². The molecule has 5 aromatic rings. The van der Waals surface area contributed by atoms with Crippen molar-refractivity contribution in [3.05, 3.63) is 124 Å². The van der Waals surface area contributed by atoms with Gasteiger partial charge in [-0.15, -0.1) is 5.11 Å². The normalized spacial score (nSPS) is 11.4. The number of fused-ring (bicyclic) bond motifs is 1. The summed E-state index contributed by atoms with van der Waals surface area (Å²) in [7, 11) is 0. The van der Waals surface area contributed by atoms with E-state index in [0.717, 1.165) is 28.5 Å². The second-order valence-corrected chi connectivity index (χ2v) is 10.0. The lowest BCUT2D eigenvalue weighted by molar-refractivity contribution is 0.103. The molecule has 0 fully saturated rings. The number of hydrogen-bond acceptors (Lipinski definition) is 7. The summed E-state index contributed by atoms with van der Waals surface area (Å²) in [6, 6.07) is 29.4. The van der Waals surface area contributed by atoms with Crippen molar-refractivity contribution in [3.8, 4) is 11.8 Å². The third-order valence-electron chi connectivity index (χ3n) is 7.06. The van der Waals surface area contributed by atoms with Crippen LogP contribution in [-0.2, 0) is 6.42 Å². The van der Waals surface area contributed by atoms with Gasteiger partial charge in [-0.05, 0) is 97.3 Å². The van der Waals surface area contributed by atoms with Crippen LogP contribution in [0.25, 0.3) is 10.8 Å². The van der Waals surface area contributed by atoms with Crippen molar-refractivity contribution in [2.24, 2.45) is 15.2 Å². The van der Waals surface area contributed by atoms with Gasteiger partial charge in [0.05, 0.1) is 34.1 Å². The molecule has 7 nitrogen and oxygen atoms in total. The number of aryl methyl sites for hydroxylation is 3. The number of rotatable bonds is 8. The average Bonchev–Trinajstić information content (AvgIpc) is 3.01. The molecule has 5 aromatic carbocycles. The van der Waals surface area contributed by atoms with E-state index in [9.17, 15) is 9.90 Å². The first-order valence-corrected chi connectivity index (χ1v) is 13.5. The molecule has 0 saturated carbocycles. The Balaban J connectivity index is 1.37. The van der Waals surface area contributed by atoms with Crippen LogP contribution >= 0.6 is 0 Å². The fourth-order valence-corrected chi connectivity index (χ4v) is 4.82. The van der Waals surface area contributed by atoms with Crippen LogP contribution in [0, 0.1) is 25.2 Å². The highest BCUT2D eigenvalue weighted by molar-refractivity contribution is 6.09. The van der Waals surface area contributed by atoms with Gasteiger partial charge in [-0.1, -0.05) is 42.5 Å². The third kappa shape index (κ3) is 5.93. The van der Waals surface area contributed by atoms with E-state index in [1.807, 2.05) is 62.5 Å². The second-order valence-electron chi connectivity index (χ2n) is 10.0. The van der Waals surface area contributed by atoms with E-state index in [2.05, 4.69) is 21.3 Å². The molecule has 0 amide bonds. The molecule has 0 aromatic heterocycles. The fraction of sp³-hybridized carbons (Fsp3) is 0.114. The van der Waals surface area contributed by atoms with Crippen molar-refractivity contribution in [2.45, 2.75) is 26.7 Å². The SMILES string of the molecule is Cc1cc2cc(C)c(N=Nc3ccc(C(=O)c4ccccc4)cc3)c(O)c2c(N)c1N=CCCc1ccc(C#N)cc1. The molecule has 0 heterocycles. The maximum Gasteiger partial charge on any atom is 0.193 e. The maximum atomic E-state index is 12.7. The van der Waals surface area contributed by atoms with E-state index < -0.39 is 0 Å². The molecule has 0 aliphatic carbocycles. The molecule has 0 aliphatic rings. The molecule has 0 aliphatic heterocycles. The van der Waals surface area contributed by atoms with Crippen LogP contribution in [0.3, 0.4) is 0 Å². The van der Waals surface area contributed by atoms with E-state index in [1.165, 1.54) is 0 Å². The van der Waals surface area contributed by atoms with E-state index in [4.69, 9.17) is 11.0 Å². The number of benzene rings is 5. The number of anilines is 1. The smallest absolute Gasteiger partial charge is 0.193 e. The maximum absolute atomic E-state index is 12.7. The summed E-state index contributed by atoms with van der Waals surface area (Å²) >= 11 is 0. The van der Waals surface area contributed by atoms with Gasteiger partial charge in [0, 0.05) is 17.3 Å². The Morgan fingerprint density at radius 2 is 1.52 bits per heavy atom. The van der Waals surface area contributed by atoms with Crippen LogP contribution < -0.4 is 5.73 Å². The number of carbonyl (C=O) groups is 1. The Labute approximate surface area is 244 Å². The van der Waals surface area contributed by atoms with Crippen LogP contribution in [0.4, 0.5) is 22.7 Å². The minimum absolute atomic E-state index is 0.0591. The van der Waals surface area contributed by atoms with E-state index >= 15 is 0 Å². The number of carbonyl (C=O) groups excluding carboxylic acids is 1. The number of nitrogens with zero attached hydrogens (tertiary/aromatic N) is 4. The van der Waals surface area contributed by atoms with Crippen LogP contribution in [0.1, 0.15) is 44.6 Å². The van der Waals surface area contributed by atoms with Gasteiger partial charge in [-0.25, -0.2) is 0 Å². The molecular weight excluding hydrogens is 522 g/mol. The number of nitrogen functional groups attached to an aromatic ring is 1. The predicted molar refractivity (Wildman–Crippen MR) is 168 cm³/mol. The number of ketones is 1. The molecular formula is C35H29N5O2. The molecule has 0 bridgehead atoms. The van der Waals surface area contributed by atoms with Gasteiger partial charge in [-0.3, -0.25) is 9.79 Å². The zero-order valence-corrected chi connectivity index (χ0v) is 23.4. The molecule has 3 N–H and O–H groups in total. The monoisotopic (exact) mass is 551 g/mol. The number of aromatic hydroxyl groups is 1. The molecule has 0 unspecified atom stereocenters. The summed E-state index contributed by atoms with van der Waals surface area (Å²) in [5.41, 5.74) is 13.0. The number of azo groups is 1. The number of nitriles is 1. The molecule has 206 valence electrons. The molecule has 0 radical (unpaired) electrons. The highest BCUT2D eigenvalue weighted by Crippen LogP contribution is 2.45. The molecule has 42 heavy (non-hydrogen) atoms. The standard InChI is InChI=1S/C35H29N5O2/c1-22-19-28-20-23(2)33(40-39-29-16-14-27(15-17-29)34(41)26-8-4-3-5-9-26)35(42)30(28)31(37)32(22)38-18-6-7-24-10-12-25(21-36)13-11-24/h3-5,8-20,42H,6-7,37H2,1-2H3. The summed E-state index contributed by atoms with van der Waals surface area (Å²) in [5.74, 6) is -0.128. The summed E-state index contributed by atoms with van der Waals surface area (Å²) in [6.07, 6.45) is 3.29. The Hall–Kier alpha value is -5.61. The molecule has 7 heteroatoms. The highest BCUT2D eigenvalue weighted by atomic mass is 16.3. The predicted octanol–water partition coefficient (Wildman–Crippen LogP) is 8.60. The lowest BCUT2D eigenvalue weighted by Crippen LogP contribution is -1.99. The summed E-state index contributed by atoms with van der Waals surface area (Å²) in [5, 5.41) is 30.2. The fourth-order valence-electron chi connectivity index (χ4n) is 4.82. The minimum Gasteiger partial charge on any atom is -0.505 e. The lowest BCUT2D eigenvalue weighted by atomic mass is 9.99. The number of hydrogen-bond donors (Lipinski definition) is 2. The highest BCUT2D eigenvalue weighted by Gasteiger charge is 2.17. The molecule has 5 rings (SSSR count). The van der Waals surface area contributed by atoms with Gasteiger partial charge in [0.2, 0.25) is 0 Å². The summed E-state index contributed by atoms with van der Waals surface area (Å²) in [6.45, 7) is 3.80. The molecule has 0 saturated heterocycles. The van der Waals surface area contributed by atoms with E-state index in [1.54, 1.807) is 48.5 Å². The van der Waals surface area contributed by atoms with Crippen molar-refractivity contribution in [1.29, 1.82) is 5.26 Å². The number of aliphatic imine (C=N–C) groups is 1. The second kappa shape index (κ2) is 12.3. The van der Waals surface area contributed by atoms with Crippen molar-refractivity contribution >= 4 is 45.5 Å². The first kappa shape index (κ1) is 27.9. The van der Waals surface area contributed by atoms with Crippen LogP contribution in [-0.4, -0.2) is 17.1 Å². The first-order chi connectivity index (χ1) is 20.4. The minimum atomic E-state index is -0.0689. The Kier molecular flexibility index (Phi) is 8.17. The first-order valence-electron chi connectivity index (χ1n) is 13.5. The van der Waals surface area contributed by atoms with Gasteiger partial charge in [0.25, 0.3) is 0 Å². The van der Waals surface area contributed by atoms with Crippen molar-refractivity contribution in [1.82, 2.24) is 0 Å². The Morgan fingerprint density at radius 1 is 0.881 bits per heavy atom. The van der Waals surface area contributed by atoms with Gasteiger partial charge in [-0.2, -0.15) is 10.4 Å². The van der Waals surface area contributed by atoms with Crippen LogP contribution in [0.5, 0.6) is 5.75 Å². The lowest BCUT2D eigenvalue weighted by Gasteiger charge is -2.13. The van der Waals surface area contributed by atoms with Gasteiger partial charge < -0.3 is 10.8 Å². The molecule has 0 spiro atoms.